The summed E-state index contributed by atoms with van der Waals surface area (Å²) in [6, 6.07) is 7.39. The van der Waals surface area contributed by atoms with Crippen molar-refractivity contribution >= 4 is 16.8 Å². The van der Waals surface area contributed by atoms with Gasteiger partial charge in [-0.05, 0) is 12.1 Å². The average molecular weight is 239 g/mol. The van der Waals surface area contributed by atoms with Gasteiger partial charge in [0, 0.05) is 12.4 Å². The van der Waals surface area contributed by atoms with E-state index in [0.29, 0.717) is 35.0 Å². The molecule has 3 rings (SSSR count). The van der Waals surface area contributed by atoms with Gasteiger partial charge in [-0.3, -0.25) is 0 Å². The van der Waals surface area contributed by atoms with Crippen molar-refractivity contribution in [1.29, 1.82) is 5.26 Å². The number of nitrogens with two attached hydrogens (primary N) is 1. The van der Waals surface area contributed by atoms with E-state index in [1.54, 1.807) is 29.1 Å². The summed E-state index contributed by atoms with van der Waals surface area (Å²) in [5.41, 5.74) is 7.67. The topological polar surface area (TPSA) is 93.7 Å². The first kappa shape index (κ1) is 10.4. The normalized spacial score (nSPS) is 10.6. The molecule has 0 unspecified atom stereocenters. The SMILES string of the molecule is N#Cc1nccn1Cc1nc2c(N)cccc2o1. The summed E-state index contributed by atoms with van der Waals surface area (Å²) in [6.07, 6.45) is 3.27. The van der Waals surface area contributed by atoms with Crippen molar-refractivity contribution in [3.05, 3.63) is 42.3 Å². The highest BCUT2D eigenvalue weighted by Gasteiger charge is 2.10. The van der Waals surface area contributed by atoms with Gasteiger partial charge in [0.25, 0.3) is 0 Å². The number of aromatic nitrogens is 3. The molecule has 18 heavy (non-hydrogen) atoms. The second kappa shape index (κ2) is 3.89. The Morgan fingerprint density at radius 2 is 2.33 bits per heavy atom. The van der Waals surface area contributed by atoms with Gasteiger partial charge in [-0.2, -0.15) is 5.26 Å². The monoisotopic (exact) mass is 239 g/mol. The van der Waals surface area contributed by atoms with E-state index in [-0.39, 0.29) is 0 Å². The van der Waals surface area contributed by atoms with E-state index >= 15 is 0 Å². The molecule has 0 fully saturated rings. The van der Waals surface area contributed by atoms with Gasteiger partial charge in [0.05, 0.1) is 5.69 Å². The van der Waals surface area contributed by atoms with Crippen LogP contribution in [0.1, 0.15) is 11.7 Å². The van der Waals surface area contributed by atoms with Crippen molar-refractivity contribution in [1.82, 2.24) is 14.5 Å². The minimum absolute atomic E-state index is 0.324. The fourth-order valence-corrected chi connectivity index (χ4v) is 1.78. The molecule has 2 aromatic heterocycles. The molecule has 0 aliphatic carbocycles. The minimum atomic E-state index is 0.324. The maximum absolute atomic E-state index is 8.86. The Morgan fingerprint density at radius 3 is 3.11 bits per heavy atom. The van der Waals surface area contributed by atoms with Crippen molar-refractivity contribution in [2.45, 2.75) is 6.54 Å². The zero-order chi connectivity index (χ0) is 12.5. The maximum atomic E-state index is 8.86. The van der Waals surface area contributed by atoms with Gasteiger partial charge in [-0.25, -0.2) is 9.97 Å². The molecule has 3 aromatic rings. The molecule has 2 heterocycles. The van der Waals surface area contributed by atoms with Crippen LogP contribution in [-0.4, -0.2) is 14.5 Å². The molecular weight excluding hydrogens is 230 g/mol. The lowest BCUT2D eigenvalue weighted by Crippen LogP contribution is -2.01. The Kier molecular flexibility index (Phi) is 2.24. The lowest BCUT2D eigenvalue weighted by molar-refractivity contribution is 0.507. The first-order chi connectivity index (χ1) is 8.78. The van der Waals surface area contributed by atoms with Crippen LogP contribution in [0.25, 0.3) is 11.1 Å². The Bertz CT molecular complexity index is 749. The Labute approximate surface area is 102 Å². The Hall–Kier alpha value is -2.81. The van der Waals surface area contributed by atoms with E-state index in [9.17, 15) is 0 Å². The third-order valence-corrected chi connectivity index (χ3v) is 2.62. The highest BCUT2D eigenvalue weighted by molar-refractivity contribution is 5.85. The predicted molar refractivity (Wildman–Crippen MR) is 64.5 cm³/mol. The standard InChI is InChI=1S/C12H9N5O/c13-6-10-15-4-5-17(10)7-11-16-12-8(14)2-1-3-9(12)18-11/h1-5H,7,14H2. The largest absolute Gasteiger partial charge is 0.439 e. The molecular formula is C12H9N5O. The molecule has 0 spiro atoms. The van der Waals surface area contributed by atoms with Gasteiger partial charge in [0.2, 0.25) is 11.7 Å². The number of benzene rings is 1. The van der Waals surface area contributed by atoms with Crippen LogP contribution < -0.4 is 5.73 Å². The molecule has 0 aliphatic heterocycles. The lowest BCUT2D eigenvalue weighted by Gasteiger charge is -1.97. The molecule has 6 heteroatoms. The van der Waals surface area contributed by atoms with E-state index in [1.807, 2.05) is 12.1 Å². The Morgan fingerprint density at radius 1 is 1.44 bits per heavy atom. The second-order valence-corrected chi connectivity index (χ2v) is 3.79. The number of oxazole rings is 1. The number of hydrogen-bond acceptors (Lipinski definition) is 5. The quantitative estimate of drug-likeness (QED) is 0.684. The van der Waals surface area contributed by atoms with Crippen LogP contribution in [0.15, 0.2) is 35.0 Å². The number of anilines is 1. The molecule has 2 N–H and O–H groups in total. The van der Waals surface area contributed by atoms with Crippen LogP contribution in [-0.2, 0) is 6.54 Å². The van der Waals surface area contributed by atoms with Crippen LogP contribution in [0.4, 0.5) is 5.69 Å². The molecule has 6 nitrogen and oxygen atoms in total. The van der Waals surface area contributed by atoms with E-state index in [0.717, 1.165) is 0 Å². The number of fused-ring (bicyclic) bond motifs is 1. The van der Waals surface area contributed by atoms with Crippen LogP contribution >= 0.6 is 0 Å². The number of nitriles is 1. The fraction of sp³-hybridized carbons (Fsp3) is 0.0833. The molecule has 0 saturated heterocycles. The molecule has 0 saturated carbocycles. The van der Waals surface area contributed by atoms with Crippen LogP contribution in [0.3, 0.4) is 0 Å². The number of nitrogen functional groups attached to an aromatic ring is 1. The lowest BCUT2D eigenvalue weighted by atomic mass is 10.3. The summed E-state index contributed by atoms with van der Waals surface area (Å²) in [7, 11) is 0. The molecule has 0 bridgehead atoms. The van der Waals surface area contributed by atoms with E-state index in [2.05, 4.69) is 9.97 Å². The van der Waals surface area contributed by atoms with Crippen LogP contribution in [0.2, 0.25) is 0 Å². The number of imidazole rings is 1. The summed E-state index contributed by atoms with van der Waals surface area (Å²) < 4.78 is 7.24. The van der Waals surface area contributed by atoms with Crippen molar-refractivity contribution in [2.75, 3.05) is 5.73 Å². The fourth-order valence-electron chi connectivity index (χ4n) is 1.78. The van der Waals surface area contributed by atoms with Crippen molar-refractivity contribution in [3.8, 4) is 6.07 Å². The first-order valence-electron chi connectivity index (χ1n) is 5.33. The number of hydrogen-bond donors (Lipinski definition) is 1. The summed E-state index contributed by atoms with van der Waals surface area (Å²) in [4.78, 5) is 8.22. The zero-order valence-corrected chi connectivity index (χ0v) is 9.37. The highest BCUT2D eigenvalue weighted by Crippen LogP contribution is 2.21. The number of nitrogens with zero attached hydrogens (tertiary/aromatic N) is 4. The maximum Gasteiger partial charge on any atom is 0.215 e. The van der Waals surface area contributed by atoms with E-state index in [1.165, 1.54) is 0 Å². The molecule has 1 aromatic carbocycles. The van der Waals surface area contributed by atoms with Gasteiger partial charge in [0.1, 0.15) is 18.1 Å². The molecule has 0 amide bonds. The summed E-state index contributed by atoms with van der Waals surface area (Å²) in [6.45, 7) is 0.358. The number of rotatable bonds is 2. The summed E-state index contributed by atoms with van der Waals surface area (Å²) in [5, 5.41) is 8.86. The minimum Gasteiger partial charge on any atom is -0.439 e. The summed E-state index contributed by atoms with van der Waals surface area (Å²) in [5.74, 6) is 0.822. The average Bonchev–Trinajstić information content (AvgIpc) is 2.96. The van der Waals surface area contributed by atoms with Crippen molar-refractivity contribution in [2.24, 2.45) is 0 Å². The van der Waals surface area contributed by atoms with Crippen LogP contribution in [0.5, 0.6) is 0 Å². The van der Waals surface area contributed by atoms with Gasteiger partial charge in [0.15, 0.2) is 5.58 Å². The van der Waals surface area contributed by atoms with Crippen LogP contribution in [0, 0.1) is 11.3 Å². The van der Waals surface area contributed by atoms with E-state index < -0.39 is 0 Å². The van der Waals surface area contributed by atoms with Crippen molar-refractivity contribution in [3.63, 3.8) is 0 Å². The second-order valence-electron chi connectivity index (χ2n) is 3.79. The number of para-hydroxylation sites is 1. The first-order valence-corrected chi connectivity index (χ1v) is 5.33. The highest BCUT2D eigenvalue weighted by atomic mass is 16.3. The third-order valence-electron chi connectivity index (χ3n) is 2.62. The van der Waals surface area contributed by atoms with Gasteiger partial charge < -0.3 is 14.7 Å². The van der Waals surface area contributed by atoms with Gasteiger partial charge in [-0.1, -0.05) is 6.07 Å². The zero-order valence-electron chi connectivity index (χ0n) is 9.37. The van der Waals surface area contributed by atoms with E-state index in [4.69, 9.17) is 15.4 Å². The van der Waals surface area contributed by atoms with Gasteiger partial charge in [-0.15, -0.1) is 0 Å². The third kappa shape index (κ3) is 1.58. The Balaban J connectivity index is 2.01. The molecule has 0 radical (unpaired) electrons. The molecule has 0 atom stereocenters. The van der Waals surface area contributed by atoms with Crippen molar-refractivity contribution < 1.29 is 4.42 Å². The predicted octanol–water partition coefficient (Wildman–Crippen LogP) is 1.53. The molecule has 0 aliphatic rings. The smallest absolute Gasteiger partial charge is 0.215 e. The van der Waals surface area contributed by atoms with Gasteiger partial charge >= 0.3 is 0 Å². The summed E-state index contributed by atoms with van der Waals surface area (Å²) >= 11 is 0. The molecule has 88 valence electrons.